The molecule has 0 aromatic heterocycles. The minimum absolute atomic E-state index is 0.0893. The van der Waals surface area contributed by atoms with Crippen molar-refractivity contribution in [2.24, 2.45) is 11.8 Å². The van der Waals surface area contributed by atoms with Gasteiger partial charge < -0.3 is 0 Å². The van der Waals surface area contributed by atoms with Gasteiger partial charge in [-0.3, -0.25) is 0 Å². The normalized spacial score (nSPS) is 25.5. The van der Waals surface area contributed by atoms with E-state index in [4.69, 9.17) is 0 Å². The van der Waals surface area contributed by atoms with Crippen LogP contribution in [0, 0.1) is 40.9 Å². The van der Waals surface area contributed by atoms with Crippen LogP contribution in [0.25, 0.3) is 11.1 Å². The fraction of sp³-hybridized carbons (Fsp3) is 0.571. The summed E-state index contributed by atoms with van der Waals surface area (Å²) < 4.78 is 70.0. The summed E-state index contributed by atoms with van der Waals surface area (Å²) in [6.07, 6.45) is 10.8. The van der Waals surface area contributed by atoms with Gasteiger partial charge in [-0.25, -0.2) is 22.0 Å². The van der Waals surface area contributed by atoms with Gasteiger partial charge in [0.05, 0.1) is 5.56 Å². The van der Waals surface area contributed by atoms with E-state index in [1.165, 1.54) is 62.4 Å². The Kier molecular flexibility index (Phi) is 8.49. The first kappa shape index (κ1) is 25.4. The van der Waals surface area contributed by atoms with Crippen molar-refractivity contribution in [2.75, 3.05) is 0 Å². The first-order chi connectivity index (χ1) is 16.4. The molecule has 0 radical (unpaired) electrons. The average Bonchev–Trinajstić information content (AvgIpc) is 2.82. The van der Waals surface area contributed by atoms with Crippen LogP contribution in [0.2, 0.25) is 18.1 Å². The second kappa shape index (κ2) is 11.4. The smallest absolute Gasteiger partial charge is 0.194 e. The first-order valence-corrected chi connectivity index (χ1v) is 15.4. The van der Waals surface area contributed by atoms with Crippen LogP contribution in [0.5, 0.6) is 0 Å². The van der Waals surface area contributed by atoms with Crippen LogP contribution in [-0.4, -0.2) is 8.80 Å². The molecule has 0 amide bonds. The lowest BCUT2D eigenvalue weighted by atomic mass is 9.76. The highest BCUT2D eigenvalue weighted by Gasteiger charge is 2.27. The molecule has 0 N–H and O–H groups in total. The van der Waals surface area contributed by atoms with E-state index in [1.54, 1.807) is 0 Å². The predicted molar refractivity (Wildman–Crippen MR) is 130 cm³/mol. The Labute approximate surface area is 201 Å². The van der Waals surface area contributed by atoms with Gasteiger partial charge in [0.15, 0.2) is 17.5 Å². The van der Waals surface area contributed by atoms with Crippen molar-refractivity contribution in [1.82, 2.24) is 0 Å². The fourth-order valence-corrected chi connectivity index (χ4v) is 9.85. The van der Waals surface area contributed by atoms with Crippen LogP contribution in [-0.2, 0) is 0 Å². The lowest BCUT2D eigenvalue weighted by Crippen LogP contribution is -2.22. The van der Waals surface area contributed by atoms with Crippen LogP contribution in [0.1, 0.15) is 76.2 Å². The number of halogens is 5. The van der Waals surface area contributed by atoms with Gasteiger partial charge in [0.1, 0.15) is 11.6 Å². The van der Waals surface area contributed by atoms with Gasteiger partial charge in [-0.15, -0.1) is 0 Å². The molecular weight excluding hydrogens is 459 g/mol. The van der Waals surface area contributed by atoms with Crippen molar-refractivity contribution in [3.63, 3.8) is 0 Å². The van der Waals surface area contributed by atoms with Crippen LogP contribution < -0.4 is 0 Å². The van der Waals surface area contributed by atoms with Crippen molar-refractivity contribution >= 4 is 8.80 Å². The van der Waals surface area contributed by atoms with E-state index in [1.807, 2.05) is 0 Å². The Morgan fingerprint density at radius 3 is 1.76 bits per heavy atom. The van der Waals surface area contributed by atoms with Gasteiger partial charge >= 0.3 is 0 Å². The standard InChI is InChI=1S/C28H35F5Si/c1-2-11-34-12-9-19(10-13-34)4-3-18-5-7-20(8-6-18)21-14-23(29)27(24(30)15-21)22-16-25(31)28(33)26(32)17-22/h14-20,34H,2-13H2,1H3. The Morgan fingerprint density at radius 2 is 1.24 bits per heavy atom. The third kappa shape index (κ3) is 5.92. The van der Waals surface area contributed by atoms with E-state index in [-0.39, 0.29) is 11.5 Å². The Bertz CT molecular complexity index is 929. The largest absolute Gasteiger partial charge is 0.206 e. The van der Waals surface area contributed by atoms with Gasteiger partial charge in [0.25, 0.3) is 0 Å². The molecule has 34 heavy (non-hydrogen) atoms. The Hall–Kier alpha value is -1.69. The maximum Gasteiger partial charge on any atom is 0.194 e. The van der Waals surface area contributed by atoms with Crippen molar-refractivity contribution in [1.29, 1.82) is 0 Å². The highest BCUT2D eigenvalue weighted by molar-refractivity contribution is 6.58. The highest BCUT2D eigenvalue weighted by Crippen LogP contribution is 2.41. The third-order valence-corrected chi connectivity index (χ3v) is 12.0. The quantitative estimate of drug-likeness (QED) is 0.204. The maximum absolute atomic E-state index is 14.8. The first-order valence-electron chi connectivity index (χ1n) is 13.0. The molecule has 2 fully saturated rings. The monoisotopic (exact) mass is 494 g/mol. The molecule has 0 spiro atoms. The number of benzene rings is 2. The molecule has 0 nitrogen and oxygen atoms in total. The van der Waals surface area contributed by atoms with Gasteiger partial charge in [-0.2, -0.15) is 0 Å². The molecule has 6 heteroatoms. The molecule has 0 unspecified atom stereocenters. The summed E-state index contributed by atoms with van der Waals surface area (Å²) in [7, 11) is -0.422. The molecule has 0 bridgehead atoms. The zero-order valence-corrected chi connectivity index (χ0v) is 21.1. The minimum atomic E-state index is -1.65. The topological polar surface area (TPSA) is 0 Å². The Morgan fingerprint density at radius 1 is 0.706 bits per heavy atom. The minimum Gasteiger partial charge on any atom is -0.206 e. The zero-order valence-electron chi connectivity index (χ0n) is 20.0. The molecule has 1 aliphatic carbocycles. The summed E-state index contributed by atoms with van der Waals surface area (Å²) in [4.78, 5) is 0. The van der Waals surface area contributed by atoms with Crippen molar-refractivity contribution in [3.05, 3.63) is 58.9 Å². The van der Waals surface area contributed by atoms with Gasteiger partial charge in [0, 0.05) is 8.80 Å². The zero-order chi connectivity index (χ0) is 24.2. The molecule has 1 heterocycles. The molecule has 1 aliphatic heterocycles. The molecule has 2 aromatic rings. The summed E-state index contributed by atoms with van der Waals surface area (Å²) in [5.41, 5.74) is -0.264. The van der Waals surface area contributed by atoms with Crippen molar-refractivity contribution < 1.29 is 22.0 Å². The summed E-state index contributed by atoms with van der Waals surface area (Å²) in [6.45, 7) is 2.31. The van der Waals surface area contributed by atoms with E-state index < -0.39 is 43.4 Å². The summed E-state index contributed by atoms with van der Waals surface area (Å²) in [6, 6.07) is 8.37. The lowest BCUT2D eigenvalue weighted by molar-refractivity contribution is 0.279. The molecule has 0 atom stereocenters. The van der Waals surface area contributed by atoms with Crippen LogP contribution in [0.15, 0.2) is 24.3 Å². The van der Waals surface area contributed by atoms with E-state index >= 15 is 0 Å². The maximum atomic E-state index is 14.8. The molecule has 4 rings (SSSR count). The summed E-state index contributed by atoms with van der Waals surface area (Å²) >= 11 is 0. The average molecular weight is 495 g/mol. The third-order valence-electron chi connectivity index (χ3n) is 8.30. The summed E-state index contributed by atoms with van der Waals surface area (Å²) in [5.74, 6) is -4.64. The van der Waals surface area contributed by atoms with E-state index in [9.17, 15) is 22.0 Å². The fourth-order valence-electron chi connectivity index (χ4n) is 6.28. The Balaban J connectivity index is 1.32. The molecule has 2 aliphatic rings. The van der Waals surface area contributed by atoms with Crippen molar-refractivity contribution in [2.45, 2.75) is 88.8 Å². The van der Waals surface area contributed by atoms with Gasteiger partial charge in [-0.1, -0.05) is 57.2 Å². The number of hydrogen-bond donors (Lipinski definition) is 0. The second-order valence-electron chi connectivity index (χ2n) is 10.6. The molecule has 186 valence electrons. The van der Waals surface area contributed by atoms with E-state index in [2.05, 4.69) is 6.92 Å². The van der Waals surface area contributed by atoms with Crippen LogP contribution >= 0.6 is 0 Å². The van der Waals surface area contributed by atoms with Gasteiger partial charge in [-0.05, 0) is 78.8 Å². The van der Waals surface area contributed by atoms with E-state index in [0.29, 0.717) is 23.6 Å². The number of rotatable bonds is 7. The molecular formula is C28H35F5Si. The SMILES string of the molecule is CCC[SiH]1CCC(CCC2CCC(c3cc(F)c(-c4cc(F)c(F)c(F)c4)c(F)c3)CC2)CC1. The molecule has 2 aromatic carbocycles. The lowest BCUT2D eigenvalue weighted by Gasteiger charge is -2.32. The molecule has 1 saturated heterocycles. The van der Waals surface area contributed by atoms with Crippen LogP contribution in [0.4, 0.5) is 22.0 Å². The van der Waals surface area contributed by atoms with E-state index in [0.717, 1.165) is 31.6 Å². The second-order valence-corrected chi connectivity index (χ2v) is 14.0. The summed E-state index contributed by atoms with van der Waals surface area (Å²) in [5, 5.41) is 0. The van der Waals surface area contributed by atoms with Crippen LogP contribution in [0.3, 0.4) is 0 Å². The molecule has 1 saturated carbocycles. The van der Waals surface area contributed by atoms with Gasteiger partial charge in [0.2, 0.25) is 0 Å². The predicted octanol–water partition coefficient (Wildman–Crippen LogP) is 9.15. The van der Waals surface area contributed by atoms with Crippen molar-refractivity contribution in [3.8, 4) is 11.1 Å². The highest BCUT2D eigenvalue weighted by atomic mass is 28.3. The number of hydrogen-bond acceptors (Lipinski definition) is 0.